The maximum absolute atomic E-state index is 12.7. The third-order valence-electron chi connectivity index (χ3n) is 4.12. The maximum Gasteiger partial charge on any atom is 0.237 e. The van der Waals surface area contributed by atoms with Crippen LogP contribution >= 0.6 is 0 Å². The molecule has 1 atom stereocenters. The average molecular weight is 351 g/mol. The summed E-state index contributed by atoms with van der Waals surface area (Å²) in [6.45, 7) is 13.0. The van der Waals surface area contributed by atoms with Gasteiger partial charge in [0.25, 0.3) is 0 Å². The van der Waals surface area contributed by atoms with Crippen LogP contribution < -0.4 is 5.32 Å². The van der Waals surface area contributed by atoms with E-state index in [4.69, 9.17) is 4.52 Å². The lowest BCUT2D eigenvalue weighted by molar-refractivity contribution is -0.139. The van der Waals surface area contributed by atoms with Gasteiger partial charge in [0.05, 0.1) is 19.0 Å². The number of hydrogen-bond donors (Lipinski definition) is 1. The molecule has 2 heterocycles. The molecule has 1 saturated heterocycles. The highest BCUT2D eigenvalue weighted by Gasteiger charge is 2.34. The lowest BCUT2D eigenvalue weighted by Crippen LogP contribution is -2.58. The van der Waals surface area contributed by atoms with Gasteiger partial charge in [-0.25, -0.2) is 0 Å². The van der Waals surface area contributed by atoms with Gasteiger partial charge in [-0.15, -0.1) is 0 Å². The zero-order valence-corrected chi connectivity index (χ0v) is 15.8. The number of piperazine rings is 1. The summed E-state index contributed by atoms with van der Waals surface area (Å²) in [5.74, 6) is 0.801. The molecule has 0 aromatic carbocycles. The number of carbonyl (C=O) groups is 2. The minimum Gasteiger partial charge on any atom is -0.353 e. The Morgan fingerprint density at radius 3 is 2.72 bits per heavy atom. The Bertz CT molecular complexity index is 608. The molecule has 0 saturated carbocycles. The summed E-state index contributed by atoms with van der Waals surface area (Å²) in [6.07, 6.45) is 0.159. The van der Waals surface area contributed by atoms with Gasteiger partial charge in [-0.1, -0.05) is 25.9 Å². The van der Waals surface area contributed by atoms with E-state index >= 15 is 0 Å². The molecule has 0 bridgehead atoms. The van der Waals surface area contributed by atoms with Gasteiger partial charge >= 0.3 is 0 Å². The predicted octanol–water partition coefficient (Wildman–Crippen LogP) is 0.963. The molecule has 25 heavy (non-hydrogen) atoms. The van der Waals surface area contributed by atoms with E-state index in [9.17, 15) is 9.59 Å². The van der Waals surface area contributed by atoms with Crippen LogP contribution in [0, 0.1) is 12.3 Å². The molecule has 1 aromatic heterocycles. The van der Waals surface area contributed by atoms with Crippen molar-refractivity contribution < 1.29 is 14.1 Å². The first-order valence-corrected chi connectivity index (χ1v) is 8.78. The second-order valence-electron chi connectivity index (χ2n) is 7.68. The number of nitrogens with one attached hydrogen (secondary N) is 1. The summed E-state index contributed by atoms with van der Waals surface area (Å²) in [7, 11) is 0. The number of hydrogen-bond acceptors (Lipinski definition) is 6. The first-order valence-electron chi connectivity index (χ1n) is 8.78. The molecule has 1 N–H and O–H groups in total. The molecular weight excluding hydrogens is 322 g/mol. The van der Waals surface area contributed by atoms with E-state index in [0.29, 0.717) is 31.3 Å². The number of aryl methyl sites for hydroxylation is 1. The zero-order valence-electron chi connectivity index (χ0n) is 15.8. The van der Waals surface area contributed by atoms with Crippen LogP contribution in [0.1, 0.15) is 45.8 Å². The van der Waals surface area contributed by atoms with Crippen LogP contribution in [0.4, 0.5) is 0 Å². The number of carbonyl (C=O) groups excluding carboxylic acids is 2. The number of nitrogens with zero attached hydrogens (tertiary/aromatic N) is 4. The van der Waals surface area contributed by atoms with Gasteiger partial charge in [0.1, 0.15) is 0 Å². The van der Waals surface area contributed by atoms with Gasteiger partial charge in [0.15, 0.2) is 5.82 Å². The van der Waals surface area contributed by atoms with E-state index in [1.807, 2.05) is 6.92 Å². The summed E-state index contributed by atoms with van der Waals surface area (Å²) >= 11 is 0. The van der Waals surface area contributed by atoms with Crippen LogP contribution in [0.15, 0.2) is 4.52 Å². The first kappa shape index (κ1) is 19.4. The summed E-state index contributed by atoms with van der Waals surface area (Å²) in [5.41, 5.74) is 0.0610. The fraction of sp³-hybridized carbons (Fsp3) is 0.765. The standard InChI is InChI=1S/C17H29N5O3/c1-6-21(10-14-19-12(2)25-20-14)15(23)9-13-16(24)18-7-8-22(13)11-17(3,4)5/h13H,6-11H2,1-5H3,(H,18,24)/t13-/m0/s1. The van der Waals surface area contributed by atoms with Gasteiger partial charge < -0.3 is 14.7 Å². The highest BCUT2D eigenvalue weighted by molar-refractivity contribution is 5.88. The number of amides is 2. The fourth-order valence-corrected chi connectivity index (χ4v) is 3.03. The van der Waals surface area contributed by atoms with Gasteiger partial charge in [0, 0.05) is 33.1 Å². The van der Waals surface area contributed by atoms with Crippen LogP contribution in [-0.2, 0) is 16.1 Å². The smallest absolute Gasteiger partial charge is 0.237 e. The Morgan fingerprint density at radius 1 is 1.44 bits per heavy atom. The van der Waals surface area contributed by atoms with E-state index in [0.717, 1.165) is 13.1 Å². The van der Waals surface area contributed by atoms with E-state index in [1.165, 1.54) is 0 Å². The normalized spacial score (nSPS) is 18.9. The van der Waals surface area contributed by atoms with E-state index in [2.05, 4.69) is 41.1 Å². The molecule has 8 heteroatoms. The highest BCUT2D eigenvalue weighted by atomic mass is 16.5. The molecule has 1 aromatic rings. The third-order valence-corrected chi connectivity index (χ3v) is 4.12. The van der Waals surface area contributed by atoms with Crippen LogP contribution in [0.5, 0.6) is 0 Å². The Morgan fingerprint density at radius 2 is 2.16 bits per heavy atom. The van der Waals surface area contributed by atoms with Crippen molar-refractivity contribution in [3.05, 3.63) is 11.7 Å². The molecule has 0 unspecified atom stereocenters. The lowest BCUT2D eigenvalue weighted by atomic mass is 9.94. The quantitative estimate of drug-likeness (QED) is 0.821. The molecule has 2 rings (SSSR count). The van der Waals surface area contributed by atoms with E-state index < -0.39 is 6.04 Å². The molecule has 0 aliphatic carbocycles. The van der Waals surface area contributed by atoms with Crippen LogP contribution in [0.25, 0.3) is 0 Å². The topological polar surface area (TPSA) is 91.6 Å². The van der Waals surface area contributed by atoms with Crippen molar-refractivity contribution in [2.24, 2.45) is 5.41 Å². The Kier molecular flexibility index (Phi) is 6.16. The summed E-state index contributed by atoms with van der Waals surface area (Å²) < 4.78 is 4.96. The molecule has 8 nitrogen and oxygen atoms in total. The maximum atomic E-state index is 12.7. The summed E-state index contributed by atoms with van der Waals surface area (Å²) in [5, 5.41) is 6.71. The Hall–Kier alpha value is -1.96. The molecular formula is C17H29N5O3. The molecule has 1 aliphatic rings. The Balaban J connectivity index is 2.04. The van der Waals surface area contributed by atoms with Crippen molar-refractivity contribution in [2.45, 2.75) is 53.6 Å². The molecule has 1 aliphatic heterocycles. The van der Waals surface area contributed by atoms with Crippen molar-refractivity contribution in [1.29, 1.82) is 0 Å². The fourth-order valence-electron chi connectivity index (χ4n) is 3.03. The third kappa shape index (κ3) is 5.52. The van der Waals surface area contributed by atoms with Crippen molar-refractivity contribution in [1.82, 2.24) is 25.3 Å². The lowest BCUT2D eigenvalue weighted by Gasteiger charge is -2.39. The molecule has 1 fully saturated rings. The SMILES string of the molecule is CCN(Cc1noc(C)n1)C(=O)C[C@H]1C(=O)NCCN1CC(C)(C)C. The molecule has 2 amide bonds. The van der Waals surface area contributed by atoms with Crippen molar-refractivity contribution >= 4 is 11.8 Å². The van der Waals surface area contributed by atoms with Gasteiger partial charge in [-0.05, 0) is 12.3 Å². The van der Waals surface area contributed by atoms with Gasteiger partial charge in [0.2, 0.25) is 17.7 Å². The van der Waals surface area contributed by atoms with Crippen LogP contribution in [-0.4, -0.2) is 64.0 Å². The van der Waals surface area contributed by atoms with Crippen molar-refractivity contribution in [3.8, 4) is 0 Å². The summed E-state index contributed by atoms with van der Waals surface area (Å²) in [6, 6.07) is -0.429. The molecule has 0 radical (unpaired) electrons. The first-order chi connectivity index (χ1) is 11.7. The largest absolute Gasteiger partial charge is 0.353 e. The predicted molar refractivity (Wildman–Crippen MR) is 92.6 cm³/mol. The van der Waals surface area contributed by atoms with Gasteiger partial charge in [-0.3, -0.25) is 14.5 Å². The van der Waals surface area contributed by atoms with Crippen molar-refractivity contribution in [3.63, 3.8) is 0 Å². The van der Waals surface area contributed by atoms with Crippen LogP contribution in [0.2, 0.25) is 0 Å². The summed E-state index contributed by atoms with van der Waals surface area (Å²) in [4.78, 5) is 33.0. The van der Waals surface area contributed by atoms with E-state index in [-0.39, 0.29) is 23.7 Å². The number of rotatable bonds is 6. The van der Waals surface area contributed by atoms with E-state index in [1.54, 1.807) is 11.8 Å². The minimum absolute atomic E-state index is 0.0610. The Labute approximate surface area is 148 Å². The highest BCUT2D eigenvalue weighted by Crippen LogP contribution is 2.20. The minimum atomic E-state index is -0.429. The van der Waals surface area contributed by atoms with Crippen LogP contribution in [0.3, 0.4) is 0 Å². The van der Waals surface area contributed by atoms with Crippen molar-refractivity contribution in [2.75, 3.05) is 26.2 Å². The van der Waals surface area contributed by atoms with Gasteiger partial charge in [-0.2, -0.15) is 4.98 Å². The molecule has 140 valence electrons. The second kappa shape index (κ2) is 7.95. The second-order valence-corrected chi connectivity index (χ2v) is 7.68. The zero-order chi connectivity index (χ0) is 18.6. The number of aromatic nitrogens is 2. The molecule has 0 spiro atoms. The monoisotopic (exact) mass is 351 g/mol. The average Bonchev–Trinajstić information content (AvgIpc) is 2.92.